The summed E-state index contributed by atoms with van der Waals surface area (Å²) in [4.78, 5) is 23.2. The molecule has 1 aromatic carbocycles. The standard InChI is InChI=1S/C32H44F2O8/c1-21(2)41-31(36)7-5-6-22-9-12-25-26(29(40-20-35)17-28(25)38-18-22)13-11-24(42-32-8-3-4-15-37-32)19-39-30-16-23(33)10-14-27(30)34/h10-11,13-14,16,20-22,24-26,28-29,32H,3-9,12,15,17-19H2,1-2H3/b13-11+/t22-,24+,25+,26+,28-,29-,32?/m0/s1. The lowest BCUT2D eigenvalue weighted by molar-refractivity contribution is -0.183. The number of fused-ring (bicyclic) bond motifs is 1. The lowest BCUT2D eigenvalue weighted by Crippen LogP contribution is -2.31. The van der Waals surface area contributed by atoms with E-state index in [0.717, 1.165) is 63.1 Å². The Hall–Kier alpha value is -2.56. The van der Waals surface area contributed by atoms with Crippen molar-refractivity contribution >= 4 is 12.4 Å². The van der Waals surface area contributed by atoms with E-state index in [-0.39, 0.29) is 48.5 Å². The Morgan fingerprint density at radius 3 is 2.76 bits per heavy atom. The molecule has 4 rings (SSSR count). The van der Waals surface area contributed by atoms with Gasteiger partial charge in [0.05, 0.1) is 12.2 Å². The lowest BCUT2D eigenvalue weighted by atomic mass is 9.86. The van der Waals surface area contributed by atoms with Crippen molar-refractivity contribution in [2.24, 2.45) is 17.8 Å². The molecule has 1 aromatic rings. The van der Waals surface area contributed by atoms with Gasteiger partial charge in [0.25, 0.3) is 6.47 Å². The minimum Gasteiger partial charge on any atom is -0.487 e. The maximum Gasteiger partial charge on any atom is 0.306 e. The van der Waals surface area contributed by atoms with Gasteiger partial charge in [0.15, 0.2) is 17.9 Å². The Morgan fingerprint density at radius 2 is 2.00 bits per heavy atom. The molecule has 234 valence electrons. The summed E-state index contributed by atoms with van der Waals surface area (Å²) in [6.45, 7) is 5.32. The zero-order valence-corrected chi connectivity index (χ0v) is 24.6. The predicted molar refractivity (Wildman–Crippen MR) is 150 cm³/mol. The molecule has 2 aliphatic heterocycles. The van der Waals surface area contributed by atoms with Gasteiger partial charge in [-0.15, -0.1) is 0 Å². The maximum absolute atomic E-state index is 14.2. The van der Waals surface area contributed by atoms with Crippen molar-refractivity contribution in [2.75, 3.05) is 19.8 Å². The summed E-state index contributed by atoms with van der Waals surface area (Å²) >= 11 is 0. The van der Waals surface area contributed by atoms with Crippen molar-refractivity contribution in [3.8, 4) is 5.75 Å². The number of ether oxygens (including phenoxy) is 6. The van der Waals surface area contributed by atoms with E-state index in [1.165, 1.54) is 0 Å². The fraction of sp³-hybridized carbons (Fsp3) is 0.688. The van der Waals surface area contributed by atoms with Crippen LogP contribution in [-0.2, 0) is 33.3 Å². The minimum absolute atomic E-state index is 0.0471. The third-order valence-electron chi connectivity index (χ3n) is 8.22. The van der Waals surface area contributed by atoms with E-state index in [1.807, 2.05) is 26.0 Å². The quantitative estimate of drug-likeness (QED) is 0.149. The summed E-state index contributed by atoms with van der Waals surface area (Å²) in [7, 11) is 0. The highest BCUT2D eigenvalue weighted by atomic mass is 19.1. The average Bonchev–Trinajstić information content (AvgIpc) is 3.15. The zero-order chi connectivity index (χ0) is 29.9. The summed E-state index contributed by atoms with van der Waals surface area (Å²) in [5.41, 5.74) is 0. The molecule has 0 radical (unpaired) electrons. The van der Waals surface area contributed by atoms with Gasteiger partial charge in [0.1, 0.15) is 24.6 Å². The maximum atomic E-state index is 14.2. The molecular formula is C32H44F2O8. The van der Waals surface area contributed by atoms with Gasteiger partial charge in [-0.3, -0.25) is 9.59 Å². The van der Waals surface area contributed by atoms with Gasteiger partial charge in [-0.2, -0.15) is 0 Å². The highest BCUT2D eigenvalue weighted by Crippen LogP contribution is 2.43. The first-order valence-electron chi connectivity index (χ1n) is 15.3. The van der Waals surface area contributed by atoms with Crippen molar-refractivity contribution < 1.29 is 46.8 Å². The second kappa shape index (κ2) is 16.3. The second-order valence-electron chi connectivity index (χ2n) is 11.7. The molecule has 3 fully saturated rings. The smallest absolute Gasteiger partial charge is 0.306 e. The van der Waals surface area contributed by atoms with E-state index >= 15 is 0 Å². The third kappa shape index (κ3) is 9.74. The molecule has 2 heterocycles. The predicted octanol–water partition coefficient (Wildman–Crippen LogP) is 5.91. The Balaban J connectivity index is 1.40. The van der Waals surface area contributed by atoms with Crippen molar-refractivity contribution in [1.82, 2.24) is 0 Å². The largest absolute Gasteiger partial charge is 0.487 e. The van der Waals surface area contributed by atoms with Gasteiger partial charge >= 0.3 is 5.97 Å². The molecule has 1 saturated carbocycles. The van der Waals surface area contributed by atoms with Crippen LogP contribution in [0.3, 0.4) is 0 Å². The number of rotatable bonds is 14. The summed E-state index contributed by atoms with van der Waals surface area (Å²) in [5.74, 6) is -1.25. The third-order valence-corrected chi connectivity index (χ3v) is 8.22. The molecular weight excluding hydrogens is 550 g/mol. The molecule has 10 heteroatoms. The fourth-order valence-corrected chi connectivity index (χ4v) is 6.16. The van der Waals surface area contributed by atoms with E-state index in [9.17, 15) is 18.4 Å². The SMILES string of the molecule is CC(C)OC(=O)CCC[C@H]1CC[C@@H]2[C@@H](/C=C/[C@H](COc3cc(F)ccc3F)OC3CCCCO3)[C@@H](OC=O)C[C@@H]2OC1. The number of esters is 1. The van der Waals surface area contributed by atoms with Gasteiger partial charge in [0, 0.05) is 38.0 Å². The average molecular weight is 595 g/mol. The normalized spacial score (nSPS) is 28.7. The van der Waals surface area contributed by atoms with Crippen molar-refractivity contribution in [1.29, 1.82) is 0 Å². The summed E-state index contributed by atoms with van der Waals surface area (Å²) in [5, 5.41) is 0. The molecule has 0 spiro atoms. The van der Waals surface area contributed by atoms with E-state index in [4.69, 9.17) is 28.4 Å². The Bertz CT molecular complexity index is 1030. The number of hydrogen-bond donors (Lipinski definition) is 0. The first kappa shape index (κ1) is 32.4. The highest BCUT2D eigenvalue weighted by molar-refractivity contribution is 5.69. The molecule has 1 unspecified atom stereocenters. The van der Waals surface area contributed by atoms with Crippen LogP contribution < -0.4 is 4.74 Å². The van der Waals surface area contributed by atoms with Crippen LogP contribution in [-0.4, -0.2) is 63.0 Å². The van der Waals surface area contributed by atoms with E-state index in [0.29, 0.717) is 38.4 Å². The first-order valence-corrected chi connectivity index (χ1v) is 15.3. The van der Waals surface area contributed by atoms with Crippen LogP contribution in [0.5, 0.6) is 5.75 Å². The van der Waals surface area contributed by atoms with Crippen molar-refractivity contribution in [3.63, 3.8) is 0 Å². The summed E-state index contributed by atoms with van der Waals surface area (Å²) in [6, 6.07) is 3.07. The van der Waals surface area contributed by atoms with Crippen LogP contribution in [0, 0.1) is 29.4 Å². The van der Waals surface area contributed by atoms with Gasteiger partial charge in [0.2, 0.25) is 0 Å². The lowest BCUT2D eigenvalue weighted by Gasteiger charge is -2.27. The molecule has 7 atom stereocenters. The molecule has 0 bridgehead atoms. The van der Waals surface area contributed by atoms with Crippen LogP contribution >= 0.6 is 0 Å². The molecule has 2 saturated heterocycles. The topological polar surface area (TPSA) is 89.5 Å². The van der Waals surface area contributed by atoms with Gasteiger partial charge in [-0.25, -0.2) is 8.78 Å². The summed E-state index contributed by atoms with van der Waals surface area (Å²) in [6.07, 6.45) is 9.43. The number of benzene rings is 1. The van der Waals surface area contributed by atoms with Gasteiger partial charge in [-0.1, -0.05) is 12.2 Å². The summed E-state index contributed by atoms with van der Waals surface area (Å²) < 4.78 is 62.5. The molecule has 0 amide bonds. The Labute approximate surface area is 247 Å². The van der Waals surface area contributed by atoms with Crippen LogP contribution in [0.2, 0.25) is 0 Å². The number of carbonyl (C=O) groups is 2. The van der Waals surface area contributed by atoms with E-state index in [1.54, 1.807) is 0 Å². The number of carbonyl (C=O) groups excluding carboxylic acids is 2. The van der Waals surface area contributed by atoms with Crippen LogP contribution in [0.1, 0.15) is 71.6 Å². The Kier molecular flexibility index (Phi) is 12.6. The minimum atomic E-state index is -0.659. The van der Waals surface area contributed by atoms with Crippen LogP contribution in [0.25, 0.3) is 0 Å². The van der Waals surface area contributed by atoms with Crippen molar-refractivity contribution in [3.05, 3.63) is 42.0 Å². The zero-order valence-electron chi connectivity index (χ0n) is 24.6. The van der Waals surface area contributed by atoms with E-state index < -0.39 is 24.0 Å². The molecule has 0 aromatic heterocycles. The first-order chi connectivity index (χ1) is 20.3. The van der Waals surface area contributed by atoms with E-state index in [2.05, 4.69) is 0 Å². The number of hydrogen-bond acceptors (Lipinski definition) is 8. The molecule has 3 aliphatic rings. The van der Waals surface area contributed by atoms with Crippen LogP contribution in [0.15, 0.2) is 30.4 Å². The highest BCUT2D eigenvalue weighted by Gasteiger charge is 2.45. The number of halogens is 2. The Morgan fingerprint density at radius 1 is 1.14 bits per heavy atom. The molecule has 0 N–H and O–H groups in total. The second-order valence-corrected chi connectivity index (χ2v) is 11.7. The van der Waals surface area contributed by atoms with Gasteiger partial charge in [-0.05, 0) is 82.8 Å². The fourth-order valence-electron chi connectivity index (χ4n) is 6.16. The monoisotopic (exact) mass is 594 g/mol. The van der Waals surface area contributed by atoms with Gasteiger partial charge < -0.3 is 28.4 Å². The van der Waals surface area contributed by atoms with Crippen molar-refractivity contribution in [2.45, 2.75) is 102 Å². The molecule has 42 heavy (non-hydrogen) atoms. The molecule has 1 aliphatic carbocycles. The molecule has 8 nitrogen and oxygen atoms in total. The van der Waals surface area contributed by atoms with Crippen LogP contribution in [0.4, 0.5) is 8.78 Å².